The molecule has 1 amide bonds. The molecule has 230 valence electrons. The van der Waals surface area contributed by atoms with E-state index >= 15 is 0 Å². The van der Waals surface area contributed by atoms with Gasteiger partial charge in [-0.25, -0.2) is 8.42 Å². The quantitative estimate of drug-likeness (QED) is 0.220. The van der Waals surface area contributed by atoms with Crippen LogP contribution in [0.5, 0.6) is 0 Å². The first-order valence-electron chi connectivity index (χ1n) is 15.2. The van der Waals surface area contributed by atoms with Crippen LogP contribution in [0.3, 0.4) is 0 Å². The second-order valence-electron chi connectivity index (χ2n) is 11.4. The summed E-state index contributed by atoms with van der Waals surface area (Å²) in [5.41, 5.74) is 11.4. The number of carbonyl (C=O) groups excluding carboxylic acids is 1. The molecule has 1 atom stereocenters. The van der Waals surface area contributed by atoms with E-state index in [9.17, 15) is 13.2 Å². The summed E-state index contributed by atoms with van der Waals surface area (Å²) in [5, 5.41) is 7.11. The van der Waals surface area contributed by atoms with E-state index in [0.29, 0.717) is 36.0 Å². The zero-order valence-corrected chi connectivity index (χ0v) is 26.0. The monoisotopic (exact) mass is 611 g/mol. The number of likely N-dealkylation sites (tertiary alicyclic amines) is 1. The molecular weight excluding hydrogens is 570 g/mol. The molecule has 8 nitrogen and oxygen atoms in total. The van der Waals surface area contributed by atoms with Crippen LogP contribution in [-0.4, -0.2) is 49.4 Å². The number of sulfone groups is 1. The molecule has 1 aliphatic rings. The predicted octanol–water partition coefficient (Wildman–Crippen LogP) is 4.16. The normalized spacial score (nSPS) is 14.8. The van der Waals surface area contributed by atoms with E-state index in [4.69, 9.17) is 5.73 Å². The SMILES string of the molecule is Cc1ccccc1S(=O)(=O)c1ccc(CC(N)C(=O)N2CCC(NCc3cccc(CNCc4ccccn4)c3)CC2)cc1. The number of piperidine rings is 1. The van der Waals surface area contributed by atoms with Crippen molar-refractivity contribution in [3.8, 4) is 0 Å². The molecule has 44 heavy (non-hydrogen) atoms. The Balaban J connectivity index is 1.05. The first-order valence-corrected chi connectivity index (χ1v) is 16.6. The summed E-state index contributed by atoms with van der Waals surface area (Å²) in [6.07, 6.45) is 3.91. The van der Waals surface area contributed by atoms with Gasteiger partial charge in [0.05, 0.1) is 21.5 Å². The molecule has 0 bridgehead atoms. The van der Waals surface area contributed by atoms with Gasteiger partial charge in [0.1, 0.15) is 0 Å². The second kappa shape index (κ2) is 14.7. The molecule has 1 aromatic heterocycles. The molecule has 0 aliphatic carbocycles. The van der Waals surface area contributed by atoms with Crippen molar-refractivity contribution in [2.24, 2.45) is 5.73 Å². The summed E-state index contributed by atoms with van der Waals surface area (Å²) in [6.45, 7) is 5.40. The predicted molar refractivity (Wildman–Crippen MR) is 172 cm³/mol. The van der Waals surface area contributed by atoms with Crippen LogP contribution in [0.25, 0.3) is 0 Å². The molecule has 1 aliphatic heterocycles. The highest BCUT2D eigenvalue weighted by Crippen LogP contribution is 2.24. The van der Waals surface area contributed by atoms with Gasteiger partial charge in [-0.05, 0) is 78.8 Å². The minimum Gasteiger partial charge on any atom is -0.341 e. The van der Waals surface area contributed by atoms with Crippen LogP contribution >= 0.6 is 0 Å². The minimum absolute atomic E-state index is 0.0639. The molecular formula is C35H41N5O3S. The molecule has 5 rings (SSSR count). The average Bonchev–Trinajstić information content (AvgIpc) is 3.05. The van der Waals surface area contributed by atoms with Crippen molar-refractivity contribution in [2.75, 3.05) is 13.1 Å². The van der Waals surface area contributed by atoms with E-state index in [-0.39, 0.29) is 10.8 Å². The first kappa shape index (κ1) is 31.5. The minimum atomic E-state index is -3.61. The van der Waals surface area contributed by atoms with Gasteiger partial charge in [-0.2, -0.15) is 0 Å². The molecule has 9 heteroatoms. The van der Waals surface area contributed by atoms with Crippen LogP contribution in [-0.2, 0) is 40.7 Å². The van der Waals surface area contributed by atoms with Crippen LogP contribution < -0.4 is 16.4 Å². The van der Waals surface area contributed by atoms with Crippen LogP contribution in [0.15, 0.2) is 107 Å². The number of nitrogens with two attached hydrogens (primary N) is 1. The lowest BCUT2D eigenvalue weighted by molar-refractivity contribution is -0.133. The first-order chi connectivity index (χ1) is 21.3. The lowest BCUT2D eigenvalue weighted by Gasteiger charge is -2.34. The fourth-order valence-electron chi connectivity index (χ4n) is 5.62. The molecule has 0 spiro atoms. The number of aromatic nitrogens is 1. The maximum absolute atomic E-state index is 13.1. The molecule has 1 saturated heterocycles. The van der Waals surface area contributed by atoms with E-state index in [0.717, 1.165) is 43.7 Å². The number of hydrogen-bond donors (Lipinski definition) is 3. The highest BCUT2D eigenvalue weighted by molar-refractivity contribution is 7.91. The van der Waals surface area contributed by atoms with Crippen LogP contribution in [0.1, 0.15) is 40.8 Å². The van der Waals surface area contributed by atoms with Gasteiger partial charge >= 0.3 is 0 Å². The molecule has 4 aromatic rings. The average molecular weight is 612 g/mol. The highest BCUT2D eigenvalue weighted by atomic mass is 32.2. The van der Waals surface area contributed by atoms with Gasteiger partial charge < -0.3 is 21.3 Å². The van der Waals surface area contributed by atoms with Crippen molar-refractivity contribution in [3.63, 3.8) is 0 Å². The molecule has 0 radical (unpaired) electrons. The maximum Gasteiger partial charge on any atom is 0.239 e. The molecule has 1 fully saturated rings. The number of nitrogens with zero attached hydrogens (tertiary/aromatic N) is 2. The molecule has 1 unspecified atom stereocenters. The topological polar surface area (TPSA) is 117 Å². The Labute approximate surface area is 260 Å². The Kier molecular flexibility index (Phi) is 10.6. The van der Waals surface area contributed by atoms with E-state index in [1.165, 1.54) is 11.1 Å². The summed E-state index contributed by atoms with van der Waals surface area (Å²) in [7, 11) is -3.61. The Morgan fingerprint density at radius 3 is 2.30 bits per heavy atom. The zero-order chi connectivity index (χ0) is 30.9. The summed E-state index contributed by atoms with van der Waals surface area (Å²) in [5.74, 6) is -0.0639. The third-order valence-electron chi connectivity index (χ3n) is 8.14. The summed E-state index contributed by atoms with van der Waals surface area (Å²) >= 11 is 0. The zero-order valence-electron chi connectivity index (χ0n) is 25.2. The van der Waals surface area contributed by atoms with Crippen molar-refractivity contribution in [1.29, 1.82) is 0 Å². The Bertz CT molecular complexity index is 1640. The highest BCUT2D eigenvalue weighted by Gasteiger charge is 2.27. The molecule has 0 saturated carbocycles. The number of benzene rings is 3. The third kappa shape index (κ3) is 8.18. The number of aryl methyl sites for hydroxylation is 1. The second-order valence-corrected chi connectivity index (χ2v) is 13.4. The third-order valence-corrected chi connectivity index (χ3v) is 10.1. The van der Waals surface area contributed by atoms with Crippen molar-refractivity contribution < 1.29 is 13.2 Å². The van der Waals surface area contributed by atoms with Gasteiger partial charge in [0.25, 0.3) is 0 Å². The van der Waals surface area contributed by atoms with Crippen molar-refractivity contribution in [1.82, 2.24) is 20.5 Å². The van der Waals surface area contributed by atoms with Crippen LogP contribution in [0.2, 0.25) is 0 Å². The number of amides is 1. The van der Waals surface area contributed by atoms with Gasteiger partial charge in [-0.15, -0.1) is 0 Å². The summed E-state index contributed by atoms with van der Waals surface area (Å²) in [6, 6.07) is 27.8. The van der Waals surface area contributed by atoms with Gasteiger partial charge in [0.2, 0.25) is 15.7 Å². The summed E-state index contributed by atoms with van der Waals surface area (Å²) in [4.78, 5) is 19.9. The van der Waals surface area contributed by atoms with Gasteiger partial charge in [0, 0.05) is 45.0 Å². The Morgan fingerprint density at radius 2 is 1.59 bits per heavy atom. The van der Waals surface area contributed by atoms with Crippen molar-refractivity contribution in [3.05, 3.63) is 125 Å². The smallest absolute Gasteiger partial charge is 0.239 e. The largest absolute Gasteiger partial charge is 0.341 e. The number of nitrogens with one attached hydrogen (secondary N) is 2. The number of pyridine rings is 1. The number of hydrogen-bond acceptors (Lipinski definition) is 7. The van der Waals surface area contributed by atoms with Gasteiger partial charge in [-0.1, -0.05) is 60.7 Å². The fourth-order valence-corrected chi connectivity index (χ4v) is 7.12. The van der Waals surface area contributed by atoms with Gasteiger partial charge in [-0.3, -0.25) is 9.78 Å². The van der Waals surface area contributed by atoms with E-state index in [2.05, 4.69) is 39.9 Å². The number of carbonyl (C=O) groups is 1. The molecule has 4 N–H and O–H groups in total. The van der Waals surface area contributed by atoms with Gasteiger partial charge in [0.15, 0.2) is 0 Å². The molecule has 3 aromatic carbocycles. The van der Waals surface area contributed by atoms with Crippen molar-refractivity contribution in [2.45, 2.75) is 67.7 Å². The summed E-state index contributed by atoms with van der Waals surface area (Å²) < 4.78 is 26.1. The van der Waals surface area contributed by atoms with Crippen LogP contribution in [0.4, 0.5) is 0 Å². The van der Waals surface area contributed by atoms with E-state index in [1.54, 1.807) is 49.4 Å². The van der Waals surface area contributed by atoms with Crippen LogP contribution in [0, 0.1) is 6.92 Å². The number of rotatable bonds is 12. The Hall–Kier alpha value is -3.89. The van der Waals surface area contributed by atoms with E-state index in [1.807, 2.05) is 35.4 Å². The standard InChI is InChI=1S/C35H41N5O3S/c1-26-7-2-3-11-34(26)44(42,43)32-14-12-27(13-15-32)22-33(36)35(41)40-19-16-30(17-20-40)39-24-29-9-6-8-28(21-29)23-37-25-31-10-4-5-18-38-31/h2-15,18,21,30,33,37,39H,16-17,19-20,22-25,36H2,1H3. The van der Waals surface area contributed by atoms with E-state index < -0.39 is 15.9 Å². The molecule has 2 heterocycles. The Morgan fingerprint density at radius 1 is 0.886 bits per heavy atom. The lowest BCUT2D eigenvalue weighted by atomic mass is 10.0. The fraction of sp³-hybridized carbons (Fsp3) is 0.314. The van der Waals surface area contributed by atoms with Crippen molar-refractivity contribution >= 4 is 15.7 Å². The maximum atomic E-state index is 13.1. The lowest BCUT2D eigenvalue weighted by Crippen LogP contribution is -2.50.